The van der Waals surface area contributed by atoms with Gasteiger partial charge in [0.25, 0.3) is 5.69 Å². The molecular weight excluding hydrogens is 290 g/mol. The maximum atomic E-state index is 10.6. The van der Waals surface area contributed by atoms with E-state index in [1.54, 1.807) is 0 Å². The second-order valence-corrected chi connectivity index (χ2v) is 4.69. The lowest BCUT2D eigenvalue weighted by molar-refractivity contribution is -0.385. The molecule has 1 N–H and O–H groups in total. The molecule has 6 nitrogen and oxygen atoms in total. The number of hydrogen-bond donors (Lipinski definition) is 1. The molecule has 0 amide bonds. The van der Waals surface area contributed by atoms with Crippen molar-refractivity contribution in [1.29, 1.82) is 0 Å². The van der Waals surface area contributed by atoms with Gasteiger partial charge in [0.05, 0.1) is 22.0 Å². The van der Waals surface area contributed by atoms with Crippen LogP contribution in [0.15, 0.2) is 16.7 Å². The van der Waals surface area contributed by atoms with E-state index in [2.05, 4.69) is 26.2 Å². The van der Waals surface area contributed by atoms with Gasteiger partial charge in [-0.25, -0.2) is 4.98 Å². The maximum Gasteiger partial charge on any atom is 0.288 e. The fraction of sp³-hybridized carbons (Fsp3) is 0.500. The summed E-state index contributed by atoms with van der Waals surface area (Å²) in [7, 11) is 0. The number of ether oxygens (including phenoxy) is 1. The number of pyridine rings is 1. The summed E-state index contributed by atoms with van der Waals surface area (Å²) in [6, 6.07) is 1.66. The van der Waals surface area contributed by atoms with Crippen molar-refractivity contribution in [1.82, 2.24) is 4.98 Å². The zero-order valence-corrected chi connectivity index (χ0v) is 10.6. The first-order valence-electron chi connectivity index (χ1n) is 5.31. The Morgan fingerprint density at radius 2 is 2.47 bits per heavy atom. The van der Waals surface area contributed by atoms with Gasteiger partial charge in [-0.2, -0.15) is 0 Å². The highest BCUT2D eigenvalue weighted by Gasteiger charge is 2.17. The molecule has 0 aromatic carbocycles. The van der Waals surface area contributed by atoms with Crippen molar-refractivity contribution < 1.29 is 9.66 Å². The molecule has 0 bridgehead atoms. The molecule has 17 heavy (non-hydrogen) atoms. The van der Waals surface area contributed by atoms with Gasteiger partial charge in [-0.05, 0) is 28.8 Å². The molecule has 0 spiro atoms. The number of aromatic nitrogens is 1. The summed E-state index contributed by atoms with van der Waals surface area (Å²) in [5.74, 6) is 0.617. The van der Waals surface area contributed by atoms with Crippen molar-refractivity contribution in [3.8, 4) is 0 Å². The van der Waals surface area contributed by atoms with Crippen LogP contribution < -0.4 is 5.32 Å². The molecule has 1 atom stereocenters. The molecule has 1 fully saturated rings. The minimum atomic E-state index is -0.467. The standard InChI is InChI=1S/C10H12BrN3O3/c11-9-4-8(14(15)16)5-12-10(9)13-7-2-1-3-17-6-7/h4-5,7H,1-3,6H2,(H,12,13). The lowest BCUT2D eigenvalue weighted by Gasteiger charge is -2.23. The first-order chi connectivity index (χ1) is 8.16. The van der Waals surface area contributed by atoms with Crippen LogP contribution in [-0.2, 0) is 4.74 Å². The van der Waals surface area contributed by atoms with E-state index in [1.165, 1.54) is 12.3 Å². The Hall–Kier alpha value is -1.21. The molecule has 1 aromatic heterocycles. The summed E-state index contributed by atoms with van der Waals surface area (Å²) in [5, 5.41) is 13.8. The van der Waals surface area contributed by atoms with Gasteiger partial charge in [0, 0.05) is 12.7 Å². The van der Waals surface area contributed by atoms with Gasteiger partial charge >= 0.3 is 0 Å². The van der Waals surface area contributed by atoms with Crippen LogP contribution in [-0.4, -0.2) is 29.2 Å². The minimum Gasteiger partial charge on any atom is -0.379 e. The molecule has 7 heteroatoms. The summed E-state index contributed by atoms with van der Waals surface area (Å²) in [6.07, 6.45) is 3.28. The monoisotopic (exact) mass is 301 g/mol. The third kappa shape index (κ3) is 3.13. The van der Waals surface area contributed by atoms with E-state index in [0.29, 0.717) is 16.9 Å². The second-order valence-electron chi connectivity index (χ2n) is 3.84. The van der Waals surface area contributed by atoms with Gasteiger partial charge in [-0.3, -0.25) is 10.1 Å². The Bertz CT molecular complexity index is 421. The Labute approximate surface area is 107 Å². The van der Waals surface area contributed by atoms with Crippen LogP contribution in [0.5, 0.6) is 0 Å². The summed E-state index contributed by atoms with van der Waals surface area (Å²) in [5.41, 5.74) is -0.0256. The zero-order chi connectivity index (χ0) is 12.3. The molecule has 1 aromatic rings. The lowest BCUT2D eigenvalue weighted by atomic mass is 10.1. The summed E-state index contributed by atoms with van der Waals surface area (Å²) < 4.78 is 5.94. The van der Waals surface area contributed by atoms with Crippen molar-refractivity contribution in [3.05, 3.63) is 26.9 Å². The normalized spacial score (nSPS) is 19.9. The minimum absolute atomic E-state index is 0.0256. The average Bonchev–Trinajstić information content (AvgIpc) is 2.33. The van der Waals surface area contributed by atoms with Crippen LogP contribution in [0.3, 0.4) is 0 Å². The fourth-order valence-corrected chi connectivity index (χ4v) is 2.13. The molecule has 1 aliphatic heterocycles. The van der Waals surface area contributed by atoms with E-state index >= 15 is 0 Å². The first-order valence-corrected chi connectivity index (χ1v) is 6.10. The molecular formula is C10H12BrN3O3. The number of hydrogen-bond acceptors (Lipinski definition) is 5. The SMILES string of the molecule is O=[N+]([O-])c1cnc(NC2CCCOC2)c(Br)c1. The Balaban J connectivity index is 2.08. The van der Waals surface area contributed by atoms with Crippen LogP contribution in [0.1, 0.15) is 12.8 Å². The molecule has 2 heterocycles. The van der Waals surface area contributed by atoms with E-state index in [9.17, 15) is 10.1 Å². The number of nitrogens with zero attached hydrogens (tertiary/aromatic N) is 2. The highest BCUT2D eigenvalue weighted by atomic mass is 79.9. The highest BCUT2D eigenvalue weighted by Crippen LogP contribution is 2.25. The van der Waals surface area contributed by atoms with Crippen LogP contribution in [0.2, 0.25) is 0 Å². The third-order valence-electron chi connectivity index (χ3n) is 2.54. The molecule has 0 saturated carbocycles. The van der Waals surface area contributed by atoms with Crippen LogP contribution in [0, 0.1) is 10.1 Å². The smallest absolute Gasteiger partial charge is 0.288 e. The quantitative estimate of drug-likeness (QED) is 0.685. The van der Waals surface area contributed by atoms with E-state index < -0.39 is 4.92 Å². The Morgan fingerprint density at radius 1 is 1.65 bits per heavy atom. The molecule has 2 rings (SSSR count). The van der Waals surface area contributed by atoms with Gasteiger partial charge in [-0.1, -0.05) is 0 Å². The second kappa shape index (κ2) is 5.42. The average molecular weight is 302 g/mol. The van der Waals surface area contributed by atoms with Crippen molar-refractivity contribution in [2.24, 2.45) is 0 Å². The number of nitrogens with one attached hydrogen (secondary N) is 1. The summed E-state index contributed by atoms with van der Waals surface area (Å²) in [4.78, 5) is 14.1. The van der Waals surface area contributed by atoms with E-state index in [1.807, 2.05) is 0 Å². The van der Waals surface area contributed by atoms with Gasteiger partial charge in [0.1, 0.15) is 12.0 Å². The number of rotatable bonds is 3. The third-order valence-corrected chi connectivity index (χ3v) is 3.14. The Morgan fingerprint density at radius 3 is 3.06 bits per heavy atom. The van der Waals surface area contributed by atoms with Crippen LogP contribution in [0.4, 0.5) is 11.5 Å². The van der Waals surface area contributed by atoms with Gasteiger partial charge < -0.3 is 10.1 Å². The van der Waals surface area contributed by atoms with E-state index in [0.717, 1.165) is 19.4 Å². The number of halogens is 1. The zero-order valence-electron chi connectivity index (χ0n) is 9.06. The summed E-state index contributed by atoms with van der Waals surface area (Å²) in [6.45, 7) is 1.44. The maximum absolute atomic E-state index is 10.6. The lowest BCUT2D eigenvalue weighted by Crippen LogP contribution is -2.30. The van der Waals surface area contributed by atoms with Gasteiger partial charge in [0.2, 0.25) is 0 Å². The largest absolute Gasteiger partial charge is 0.379 e. The predicted octanol–water partition coefficient (Wildman–Crippen LogP) is 2.34. The first kappa shape index (κ1) is 12.3. The van der Waals surface area contributed by atoms with Gasteiger partial charge in [0.15, 0.2) is 0 Å². The van der Waals surface area contributed by atoms with Gasteiger partial charge in [-0.15, -0.1) is 0 Å². The summed E-state index contributed by atoms with van der Waals surface area (Å²) >= 11 is 3.27. The van der Waals surface area contributed by atoms with Crippen molar-refractivity contribution >= 4 is 27.4 Å². The van der Waals surface area contributed by atoms with Crippen LogP contribution >= 0.6 is 15.9 Å². The van der Waals surface area contributed by atoms with Crippen LogP contribution in [0.25, 0.3) is 0 Å². The number of anilines is 1. The molecule has 92 valence electrons. The van der Waals surface area contributed by atoms with E-state index in [-0.39, 0.29) is 11.7 Å². The number of nitro groups is 1. The molecule has 1 unspecified atom stereocenters. The van der Waals surface area contributed by atoms with E-state index in [4.69, 9.17) is 4.74 Å². The van der Waals surface area contributed by atoms with Crippen molar-refractivity contribution in [2.45, 2.75) is 18.9 Å². The fourth-order valence-electron chi connectivity index (χ4n) is 1.68. The molecule has 1 saturated heterocycles. The Kier molecular flexibility index (Phi) is 3.90. The van der Waals surface area contributed by atoms with Crippen molar-refractivity contribution in [2.75, 3.05) is 18.5 Å². The molecule has 0 radical (unpaired) electrons. The predicted molar refractivity (Wildman–Crippen MR) is 66.1 cm³/mol. The highest BCUT2D eigenvalue weighted by molar-refractivity contribution is 9.10. The molecule has 1 aliphatic rings. The molecule has 0 aliphatic carbocycles. The topological polar surface area (TPSA) is 77.3 Å². The van der Waals surface area contributed by atoms with Crippen molar-refractivity contribution in [3.63, 3.8) is 0 Å².